The molecule has 0 fully saturated rings. The molecule has 2 atom stereocenters. The lowest BCUT2D eigenvalue weighted by Gasteiger charge is -2.21. The van der Waals surface area contributed by atoms with Gasteiger partial charge in [-0.05, 0) is 37.0 Å². The third kappa shape index (κ3) is 4.07. The highest BCUT2D eigenvalue weighted by atomic mass is 16.5. The van der Waals surface area contributed by atoms with Crippen molar-refractivity contribution in [2.45, 2.75) is 38.5 Å². The molecule has 1 aromatic carbocycles. The van der Waals surface area contributed by atoms with E-state index < -0.39 is 11.9 Å². The van der Waals surface area contributed by atoms with Crippen molar-refractivity contribution in [3.8, 4) is 5.75 Å². The van der Waals surface area contributed by atoms with Gasteiger partial charge in [0.2, 0.25) is 0 Å². The van der Waals surface area contributed by atoms with Gasteiger partial charge in [-0.3, -0.25) is 4.79 Å². The van der Waals surface area contributed by atoms with Crippen LogP contribution < -0.4 is 10.1 Å². The average Bonchev–Trinajstić information content (AvgIpc) is 3.03. The summed E-state index contributed by atoms with van der Waals surface area (Å²) in [6.45, 7) is 3.54. The summed E-state index contributed by atoms with van der Waals surface area (Å²) in [5, 5.41) is 27.2. The number of hydrogen-bond acceptors (Lipinski definition) is 6. The van der Waals surface area contributed by atoms with Crippen molar-refractivity contribution in [3.05, 3.63) is 29.6 Å². The van der Waals surface area contributed by atoms with Gasteiger partial charge in [0, 0.05) is 12.5 Å². The molecule has 0 amide bonds. The number of hydrogen-bond donors (Lipinski definition) is 3. The van der Waals surface area contributed by atoms with Crippen LogP contribution in [0.4, 0.5) is 5.69 Å². The second-order valence-corrected chi connectivity index (χ2v) is 6.27. The van der Waals surface area contributed by atoms with Crippen molar-refractivity contribution in [3.63, 3.8) is 0 Å². The molecule has 1 aliphatic rings. The molecule has 0 spiro atoms. The molecule has 0 unspecified atom stereocenters. The van der Waals surface area contributed by atoms with Crippen LogP contribution in [0.1, 0.15) is 43.5 Å². The summed E-state index contributed by atoms with van der Waals surface area (Å²) in [4.78, 5) is 11.8. The number of aromatic amines is 1. The summed E-state index contributed by atoms with van der Waals surface area (Å²) in [6.07, 6.45) is 2.84. The van der Waals surface area contributed by atoms with Crippen LogP contribution in [0.2, 0.25) is 0 Å². The first kappa shape index (κ1) is 17.2. The highest BCUT2D eigenvalue weighted by Gasteiger charge is 2.32. The lowest BCUT2D eigenvalue weighted by atomic mass is 9.83. The van der Waals surface area contributed by atoms with E-state index in [2.05, 4.69) is 25.9 Å². The monoisotopic (exact) mass is 345 g/mol. The first-order valence-electron chi connectivity index (χ1n) is 8.64. The molecule has 2 heterocycles. The summed E-state index contributed by atoms with van der Waals surface area (Å²) in [5.41, 5.74) is 1.97. The molecule has 3 N–H and O–H groups in total. The van der Waals surface area contributed by atoms with Gasteiger partial charge in [-0.25, -0.2) is 0 Å². The number of ether oxygens (including phenoxy) is 1. The van der Waals surface area contributed by atoms with Gasteiger partial charge in [0.05, 0.1) is 18.2 Å². The Morgan fingerprint density at radius 1 is 1.44 bits per heavy atom. The number of tetrazole rings is 1. The molecule has 0 saturated heterocycles. The molecule has 0 bridgehead atoms. The van der Waals surface area contributed by atoms with Gasteiger partial charge in [0.1, 0.15) is 5.75 Å². The number of aromatic nitrogens is 4. The van der Waals surface area contributed by atoms with Crippen LogP contribution in [0, 0.1) is 5.92 Å². The molecule has 134 valence electrons. The number of nitrogens with zero attached hydrogens (tertiary/aromatic N) is 3. The van der Waals surface area contributed by atoms with E-state index in [1.54, 1.807) is 0 Å². The lowest BCUT2D eigenvalue weighted by molar-refractivity contribution is -0.142. The van der Waals surface area contributed by atoms with Crippen LogP contribution in [0.3, 0.4) is 0 Å². The van der Waals surface area contributed by atoms with Gasteiger partial charge in [0.25, 0.3) is 0 Å². The zero-order valence-corrected chi connectivity index (χ0v) is 14.2. The number of H-pyrrole nitrogens is 1. The third-order valence-electron chi connectivity index (χ3n) is 4.49. The Kier molecular flexibility index (Phi) is 5.47. The minimum atomic E-state index is -0.826. The number of carboxylic acids is 1. The topological polar surface area (TPSA) is 113 Å². The number of anilines is 1. The highest BCUT2D eigenvalue weighted by Crippen LogP contribution is 2.33. The summed E-state index contributed by atoms with van der Waals surface area (Å²) in [5.74, 6) is -0.430. The minimum Gasteiger partial charge on any atom is -0.491 e. The highest BCUT2D eigenvalue weighted by molar-refractivity contribution is 5.71. The van der Waals surface area contributed by atoms with Gasteiger partial charge in [-0.2, -0.15) is 5.21 Å². The van der Waals surface area contributed by atoms with E-state index in [1.165, 1.54) is 0 Å². The van der Waals surface area contributed by atoms with Gasteiger partial charge >= 0.3 is 5.97 Å². The number of carbonyl (C=O) groups is 1. The largest absolute Gasteiger partial charge is 0.491 e. The molecule has 25 heavy (non-hydrogen) atoms. The predicted molar refractivity (Wildman–Crippen MR) is 91.7 cm³/mol. The van der Waals surface area contributed by atoms with E-state index in [1.807, 2.05) is 25.1 Å². The Morgan fingerprint density at radius 2 is 2.32 bits per heavy atom. The first-order chi connectivity index (χ1) is 12.2. The van der Waals surface area contributed by atoms with E-state index >= 15 is 0 Å². The van der Waals surface area contributed by atoms with Crippen molar-refractivity contribution < 1.29 is 14.6 Å². The minimum absolute atomic E-state index is 0.332. The summed E-state index contributed by atoms with van der Waals surface area (Å²) >= 11 is 0. The molecule has 3 rings (SSSR count). The van der Waals surface area contributed by atoms with Crippen LogP contribution in [0.25, 0.3) is 0 Å². The first-order valence-corrected chi connectivity index (χ1v) is 8.64. The molecule has 0 saturated carbocycles. The average molecular weight is 345 g/mol. The van der Waals surface area contributed by atoms with Crippen LogP contribution in [0.15, 0.2) is 18.2 Å². The molecule has 0 aliphatic carbocycles. The molecular formula is C17H23N5O3. The van der Waals surface area contributed by atoms with Crippen LogP contribution in [-0.4, -0.2) is 44.9 Å². The number of carboxylic acid groups (broad SMARTS) is 1. The van der Waals surface area contributed by atoms with E-state index in [0.717, 1.165) is 36.4 Å². The van der Waals surface area contributed by atoms with Crippen LogP contribution in [-0.2, 0) is 11.2 Å². The molecule has 2 aromatic rings. The SMILES string of the molecule is CCC[C@H](C(=O)O)[C@H](Cc1ccc2c(c1)NCCCO2)c1nn[nH]n1. The molecule has 8 nitrogen and oxygen atoms in total. The fraction of sp³-hybridized carbons (Fsp3) is 0.529. The van der Waals surface area contributed by atoms with E-state index in [0.29, 0.717) is 25.3 Å². The Hall–Kier alpha value is -2.64. The number of fused-ring (bicyclic) bond motifs is 1. The number of aliphatic carboxylic acids is 1. The summed E-state index contributed by atoms with van der Waals surface area (Å²) < 4.78 is 5.71. The summed E-state index contributed by atoms with van der Waals surface area (Å²) in [7, 11) is 0. The van der Waals surface area contributed by atoms with Crippen molar-refractivity contribution in [2.24, 2.45) is 5.92 Å². The van der Waals surface area contributed by atoms with Crippen molar-refractivity contribution >= 4 is 11.7 Å². The predicted octanol–water partition coefficient (Wildman–Crippen LogP) is 2.22. The Morgan fingerprint density at radius 3 is 3.04 bits per heavy atom. The van der Waals surface area contributed by atoms with Crippen molar-refractivity contribution in [1.29, 1.82) is 0 Å². The molecule has 1 aliphatic heterocycles. The van der Waals surface area contributed by atoms with E-state index in [9.17, 15) is 9.90 Å². The fourth-order valence-corrected chi connectivity index (χ4v) is 3.25. The van der Waals surface area contributed by atoms with Gasteiger partial charge in [0.15, 0.2) is 5.82 Å². The number of nitrogens with one attached hydrogen (secondary N) is 2. The maximum Gasteiger partial charge on any atom is 0.307 e. The van der Waals surface area contributed by atoms with Crippen LogP contribution >= 0.6 is 0 Å². The lowest BCUT2D eigenvalue weighted by Crippen LogP contribution is -2.25. The van der Waals surface area contributed by atoms with Gasteiger partial charge < -0.3 is 15.2 Å². The molecule has 1 aromatic heterocycles. The molecule has 0 radical (unpaired) electrons. The van der Waals surface area contributed by atoms with Crippen molar-refractivity contribution in [1.82, 2.24) is 20.6 Å². The third-order valence-corrected chi connectivity index (χ3v) is 4.49. The quantitative estimate of drug-likeness (QED) is 0.705. The van der Waals surface area contributed by atoms with Crippen LogP contribution in [0.5, 0.6) is 5.75 Å². The Balaban J connectivity index is 1.87. The Bertz CT molecular complexity index is 704. The Labute approximate surface area is 146 Å². The number of benzene rings is 1. The van der Waals surface area contributed by atoms with Gasteiger partial charge in [-0.1, -0.05) is 24.6 Å². The maximum absolute atomic E-state index is 11.8. The van der Waals surface area contributed by atoms with E-state index in [4.69, 9.17) is 4.74 Å². The maximum atomic E-state index is 11.8. The smallest absolute Gasteiger partial charge is 0.307 e. The number of rotatable bonds is 7. The zero-order valence-electron chi connectivity index (χ0n) is 14.2. The standard InChI is InChI=1S/C17H23N5O3/c1-2-4-12(17(23)24)13(16-19-21-22-20-16)9-11-5-6-15-14(10-11)18-7-3-8-25-15/h5-6,10,12-13,18H,2-4,7-9H2,1H3,(H,23,24)(H,19,20,21,22)/t12-,13-/m0/s1. The second-order valence-electron chi connectivity index (χ2n) is 6.27. The molecular weight excluding hydrogens is 322 g/mol. The van der Waals surface area contributed by atoms with E-state index in [-0.39, 0.29) is 5.92 Å². The molecule has 8 heteroatoms. The zero-order chi connectivity index (χ0) is 17.6. The fourth-order valence-electron chi connectivity index (χ4n) is 3.25. The van der Waals surface area contributed by atoms with Gasteiger partial charge in [-0.15, -0.1) is 10.2 Å². The van der Waals surface area contributed by atoms with Crippen molar-refractivity contribution in [2.75, 3.05) is 18.5 Å². The normalized spacial score (nSPS) is 16.0. The summed E-state index contributed by atoms with van der Waals surface area (Å²) in [6, 6.07) is 5.94. The second kappa shape index (κ2) is 7.96.